The van der Waals surface area contributed by atoms with Gasteiger partial charge in [0, 0.05) is 22.9 Å². The van der Waals surface area contributed by atoms with Gasteiger partial charge in [-0.2, -0.15) is 0 Å². The first-order valence-corrected chi connectivity index (χ1v) is 11.8. The van der Waals surface area contributed by atoms with Gasteiger partial charge in [-0.05, 0) is 57.0 Å². The molecule has 0 unspecified atom stereocenters. The van der Waals surface area contributed by atoms with Crippen molar-refractivity contribution in [2.24, 2.45) is 0 Å². The smallest absolute Gasteiger partial charge is 0.232 e. The van der Waals surface area contributed by atoms with E-state index in [1.165, 1.54) is 0 Å². The van der Waals surface area contributed by atoms with Gasteiger partial charge in [0.05, 0.1) is 18.1 Å². The molecule has 3 rings (SSSR count). The molecule has 0 aliphatic carbocycles. The van der Waals surface area contributed by atoms with Gasteiger partial charge in [0.25, 0.3) is 0 Å². The molecule has 1 atom stereocenters. The quantitative estimate of drug-likeness (QED) is 0.516. The zero-order valence-corrected chi connectivity index (χ0v) is 19.0. The first-order valence-electron chi connectivity index (χ1n) is 10.3. The van der Waals surface area contributed by atoms with Crippen molar-refractivity contribution < 1.29 is 18.2 Å². The van der Waals surface area contributed by atoms with Gasteiger partial charge in [0.2, 0.25) is 11.8 Å². The minimum Gasteiger partial charge on any atom is -0.494 e. The van der Waals surface area contributed by atoms with Crippen LogP contribution in [-0.4, -0.2) is 34.0 Å². The van der Waals surface area contributed by atoms with Crippen molar-refractivity contribution in [2.75, 3.05) is 18.9 Å². The zero-order valence-electron chi connectivity index (χ0n) is 18.1. The molecule has 1 aromatic heterocycles. The third-order valence-electron chi connectivity index (χ3n) is 4.75. The predicted molar refractivity (Wildman–Crippen MR) is 122 cm³/mol. The van der Waals surface area contributed by atoms with E-state index in [1.807, 2.05) is 62.4 Å². The van der Waals surface area contributed by atoms with Gasteiger partial charge in [-0.3, -0.25) is 9.00 Å². The highest BCUT2D eigenvalue weighted by molar-refractivity contribution is 7.84. The molecule has 0 saturated carbocycles. The molecule has 6 nitrogen and oxygen atoms in total. The summed E-state index contributed by atoms with van der Waals surface area (Å²) in [5.74, 6) is 1.86. The molecule has 0 saturated heterocycles. The van der Waals surface area contributed by atoms with Crippen molar-refractivity contribution in [3.05, 3.63) is 71.1 Å². The molecule has 7 heteroatoms. The van der Waals surface area contributed by atoms with Crippen LogP contribution in [0.3, 0.4) is 0 Å². The fourth-order valence-electron chi connectivity index (χ4n) is 3.05. The van der Waals surface area contributed by atoms with Gasteiger partial charge in [-0.1, -0.05) is 29.8 Å². The molecule has 0 radical (unpaired) electrons. The summed E-state index contributed by atoms with van der Waals surface area (Å²) in [6.45, 7) is 6.88. The second-order valence-electron chi connectivity index (χ2n) is 7.29. The Bertz CT molecular complexity index is 1030. The fourth-order valence-corrected chi connectivity index (χ4v) is 4.12. The van der Waals surface area contributed by atoms with Crippen LogP contribution < -0.4 is 10.1 Å². The number of ether oxygens (including phenoxy) is 1. The largest absolute Gasteiger partial charge is 0.494 e. The minimum atomic E-state index is -1.36. The Labute approximate surface area is 185 Å². The second kappa shape index (κ2) is 10.9. The third-order valence-corrected chi connectivity index (χ3v) is 5.93. The maximum Gasteiger partial charge on any atom is 0.232 e. The lowest BCUT2D eigenvalue weighted by Crippen LogP contribution is -2.30. The summed E-state index contributed by atoms with van der Waals surface area (Å²) in [6, 6.07) is 15.7. The Morgan fingerprint density at radius 1 is 1.10 bits per heavy atom. The molecule has 164 valence electrons. The van der Waals surface area contributed by atoms with Crippen LogP contribution in [0.4, 0.5) is 0 Å². The number of amides is 1. The SMILES string of the molecule is CCOc1ccc(CCNC(=O)C[S@](=O)Cc2nc(-c3ccc(C)cc3)oc2C)cc1. The number of rotatable bonds is 10. The van der Waals surface area contributed by atoms with E-state index < -0.39 is 10.8 Å². The Kier molecular flexibility index (Phi) is 8.00. The molecule has 1 amide bonds. The second-order valence-corrected chi connectivity index (χ2v) is 8.75. The van der Waals surface area contributed by atoms with E-state index in [1.54, 1.807) is 6.92 Å². The van der Waals surface area contributed by atoms with Crippen LogP contribution in [-0.2, 0) is 27.8 Å². The van der Waals surface area contributed by atoms with E-state index in [0.29, 0.717) is 36.9 Å². The van der Waals surface area contributed by atoms with Crippen LogP contribution in [0.25, 0.3) is 11.5 Å². The standard InChI is InChI=1S/C24H28N2O4S/c1-4-29-21-11-7-19(8-12-21)13-14-25-23(27)16-31(28)15-22-18(3)30-24(26-22)20-9-5-17(2)6-10-20/h5-12H,4,13-16H2,1-3H3,(H,25,27)/t31-/m1/s1. The number of nitrogens with one attached hydrogen (secondary N) is 1. The van der Waals surface area contributed by atoms with Crippen LogP contribution in [0.2, 0.25) is 0 Å². The summed E-state index contributed by atoms with van der Waals surface area (Å²) in [4.78, 5) is 16.6. The molecule has 31 heavy (non-hydrogen) atoms. The number of hydrogen-bond donors (Lipinski definition) is 1. The number of carbonyl (C=O) groups is 1. The summed E-state index contributed by atoms with van der Waals surface area (Å²) in [5.41, 5.74) is 3.75. The molecule has 0 bridgehead atoms. The molecule has 0 fully saturated rings. The number of oxazole rings is 1. The number of carbonyl (C=O) groups excluding carboxylic acids is 1. The average molecular weight is 441 g/mol. The number of benzene rings is 2. The van der Waals surface area contributed by atoms with Gasteiger partial charge >= 0.3 is 0 Å². The molecule has 0 aliphatic rings. The molecule has 1 N–H and O–H groups in total. The maximum absolute atomic E-state index is 12.5. The van der Waals surface area contributed by atoms with Crippen molar-refractivity contribution in [3.63, 3.8) is 0 Å². The van der Waals surface area contributed by atoms with Crippen LogP contribution >= 0.6 is 0 Å². The summed E-state index contributed by atoms with van der Waals surface area (Å²) < 4.78 is 23.6. The first kappa shape index (κ1) is 22.7. The molecule has 2 aromatic carbocycles. The normalized spacial score (nSPS) is 11.8. The fraction of sp³-hybridized carbons (Fsp3) is 0.333. The van der Waals surface area contributed by atoms with Crippen LogP contribution in [0.5, 0.6) is 5.75 Å². The van der Waals surface area contributed by atoms with E-state index in [9.17, 15) is 9.00 Å². The minimum absolute atomic E-state index is 0.0601. The van der Waals surface area contributed by atoms with Gasteiger partial charge in [-0.15, -0.1) is 0 Å². The topological polar surface area (TPSA) is 81.4 Å². The van der Waals surface area contributed by atoms with Gasteiger partial charge in [-0.25, -0.2) is 4.98 Å². The maximum atomic E-state index is 12.5. The van der Waals surface area contributed by atoms with Gasteiger partial charge in [0.15, 0.2) is 0 Å². The molecular weight excluding hydrogens is 412 g/mol. The van der Waals surface area contributed by atoms with E-state index >= 15 is 0 Å². The summed E-state index contributed by atoms with van der Waals surface area (Å²) in [6.07, 6.45) is 0.701. The van der Waals surface area contributed by atoms with E-state index in [4.69, 9.17) is 9.15 Å². The Balaban J connectivity index is 1.46. The molecule has 0 aliphatic heterocycles. The Morgan fingerprint density at radius 2 is 1.81 bits per heavy atom. The van der Waals surface area contributed by atoms with Crippen molar-refractivity contribution in [1.82, 2.24) is 10.3 Å². The number of aryl methyl sites for hydroxylation is 2. The van der Waals surface area contributed by atoms with E-state index in [0.717, 1.165) is 22.4 Å². The van der Waals surface area contributed by atoms with Crippen LogP contribution in [0.15, 0.2) is 52.9 Å². The zero-order chi connectivity index (χ0) is 22.2. The molecule has 1 heterocycles. The highest BCUT2D eigenvalue weighted by Gasteiger charge is 2.16. The monoisotopic (exact) mass is 440 g/mol. The first-order chi connectivity index (χ1) is 14.9. The lowest BCUT2D eigenvalue weighted by molar-refractivity contribution is -0.118. The van der Waals surface area contributed by atoms with Crippen LogP contribution in [0.1, 0.15) is 29.5 Å². The predicted octanol–water partition coefficient (Wildman–Crippen LogP) is 3.96. The number of nitrogens with zero attached hydrogens (tertiary/aromatic N) is 1. The van der Waals surface area contributed by atoms with Crippen LogP contribution in [0, 0.1) is 13.8 Å². The van der Waals surface area contributed by atoms with Crippen molar-refractivity contribution in [1.29, 1.82) is 0 Å². The van der Waals surface area contributed by atoms with Gasteiger partial charge < -0.3 is 14.5 Å². The van der Waals surface area contributed by atoms with Crippen molar-refractivity contribution >= 4 is 16.7 Å². The summed E-state index contributed by atoms with van der Waals surface area (Å²) in [5, 5.41) is 2.83. The Hall–Kier alpha value is -2.93. The molecular formula is C24H28N2O4S. The highest BCUT2D eigenvalue weighted by atomic mass is 32.2. The van der Waals surface area contributed by atoms with Crippen molar-refractivity contribution in [3.8, 4) is 17.2 Å². The average Bonchev–Trinajstić information content (AvgIpc) is 3.10. The molecule has 0 spiro atoms. The van der Waals surface area contributed by atoms with E-state index in [2.05, 4.69) is 10.3 Å². The number of aromatic nitrogens is 1. The van der Waals surface area contributed by atoms with E-state index in [-0.39, 0.29) is 17.4 Å². The number of hydrogen-bond acceptors (Lipinski definition) is 5. The van der Waals surface area contributed by atoms with Crippen molar-refractivity contribution in [2.45, 2.75) is 32.9 Å². The lowest BCUT2D eigenvalue weighted by atomic mass is 10.1. The lowest BCUT2D eigenvalue weighted by Gasteiger charge is -2.07. The Morgan fingerprint density at radius 3 is 2.48 bits per heavy atom. The third kappa shape index (κ3) is 6.79. The highest BCUT2D eigenvalue weighted by Crippen LogP contribution is 2.23. The summed E-state index contributed by atoms with van der Waals surface area (Å²) >= 11 is 0. The van der Waals surface area contributed by atoms with Gasteiger partial charge in [0.1, 0.15) is 17.3 Å². The molecule has 3 aromatic rings. The summed E-state index contributed by atoms with van der Waals surface area (Å²) in [7, 11) is -1.36.